The SMILES string of the molecule is CC(=O)Nc1cccc(-c2c(C3CCCCC3)c3ccccc3n2C)c1NC(=O)CCl. The number of aryl methyl sites for hydroxylation is 1. The number of fused-ring (bicyclic) bond motifs is 1. The number of hydrogen-bond donors (Lipinski definition) is 2. The highest BCUT2D eigenvalue weighted by Crippen LogP contribution is 2.46. The molecular weight excluding hydrogens is 410 g/mol. The van der Waals surface area contributed by atoms with Crippen LogP contribution >= 0.6 is 11.6 Å². The normalized spacial score (nSPS) is 14.5. The van der Waals surface area contributed by atoms with Gasteiger partial charge in [0.05, 0.1) is 17.1 Å². The first-order valence-electron chi connectivity index (χ1n) is 10.9. The van der Waals surface area contributed by atoms with E-state index in [9.17, 15) is 9.59 Å². The fraction of sp³-hybridized carbons (Fsp3) is 0.360. The standard InChI is InChI=1S/C25H28ClN3O2/c1-16(30)27-20-13-8-12-19(24(20)28-22(31)15-26)25-23(17-9-4-3-5-10-17)18-11-6-7-14-21(18)29(25)2/h6-8,11-14,17H,3-5,9-10,15H2,1-2H3,(H,27,30)(H,28,31). The van der Waals surface area contributed by atoms with Crippen molar-refractivity contribution in [3.63, 3.8) is 0 Å². The van der Waals surface area contributed by atoms with Gasteiger partial charge < -0.3 is 15.2 Å². The van der Waals surface area contributed by atoms with Crippen LogP contribution in [0.15, 0.2) is 42.5 Å². The summed E-state index contributed by atoms with van der Waals surface area (Å²) in [6.07, 6.45) is 6.07. The first kappa shape index (κ1) is 21.4. The molecule has 0 bridgehead atoms. The van der Waals surface area contributed by atoms with E-state index in [0.29, 0.717) is 17.3 Å². The molecule has 1 aliphatic carbocycles. The van der Waals surface area contributed by atoms with Crippen molar-refractivity contribution in [3.05, 3.63) is 48.0 Å². The summed E-state index contributed by atoms with van der Waals surface area (Å²) in [4.78, 5) is 24.1. The lowest BCUT2D eigenvalue weighted by atomic mass is 9.81. The highest BCUT2D eigenvalue weighted by atomic mass is 35.5. The number of aromatic nitrogens is 1. The molecule has 4 rings (SSSR count). The van der Waals surface area contributed by atoms with Gasteiger partial charge in [-0.1, -0.05) is 49.6 Å². The van der Waals surface area contributed by atoms with Crippen LogP contribution in [-0.4, -0.2) is 22.3 Å². The molecule has 2 amide bonds. The predicted molar refractivity (Wildman–Crippen MR) is 128 cm³/mol. The maximum Gasteiger partial charge on any atom is 0.239 e. The van der Waals surface area contributed by atoms with E-state index in [-0.39, 0.29) is 17.7 Å². The number of halogens is 1. The summed E-state index contributed by atoms with van der Waals surface area (Å²) in [7, 11) is 2.07. The summed E-state index contributed by atoms with van der Waals surface area (Å²) in [6.45, 7) is 1.46. The van der Waals surface area contributed by atoms with Crippen molar-refractivity contribution in [1.29, 1.82) is 0 Å². The quantitative estimate of drug-likeness (QED) is 0.479. The van der Waals surface area contributed by atoms with E-state index in [1.807, 2.05) is 12.1 Å². The van der Waals surface area contributed by atoms with Gasteiger partial charge in [-0.3, -0.25) is 9.59 Å². The number of para-hydroxylation sites is 2. The van der Waals surface area contributed by atoms with Gasteiger partial charge in [-0.2, -0.15) is 0 Å². The number of alkyl halides is 1. The van der Waals surface area contributed by atoms with Crippen molar-refractivity contribution in [2.75, 3.05) is 16.5 Å². The van der Waals surface area contributed by atoms with Crippen LogP contribution in [0.3, 0.4) is 0 Å². The second-order valence-corrected chi connectivity index (χ2v) is 8.53. The van der Waals surface area contributed by atoms with E-state index in [2.05, 4.69) is 46.5 Å². The highest BCUT2D eigenvalue weighted by Gasteiger charge is 2.27. The van der Waals surface area contributed by atoms with Crippen molar-refractivity contribution in [2.24, 2.45) is 7.05 Å². The molecule has 1 aromatic heterocycles. The Bertz CT molecular complexity index is 1130. The number of rotatable bonds is 5. The van der Waals surface area contributed by atoms with Gasteiger partial charge in [-0.05, 0) is 36.5 Å². The molecule has 0 unspecified atom stereocenters. The molecule has 1 aliphatic rings. The third kappa shape index (κ3) is 4.19. The average Bonchev–Trinajstić information content (AvgIpc) is 3.07. The van der Waals surface area contributed by atoms with E-state index >= 15 is 0 Å². The van der Waals surface area contributed by atoms with Crippen molar-refractivity contribution in [2.45, 2.75) is 44.9 Å². The van der Waals surface area contributed by atoms with Crippen LogP contribution in [0.2, 0.25) is 0 Å². The first-order chi connectivity index (χ1) is 15.0. The molecular formula is C25H28ClN3O2. The molecule has 1 heterocycles. The van der Waals surface area contributed by atoms with Gasteiger partial charge in [0.2, 0.25) is 11.8 Å². The Kier molecular flexibility index (Phi) is 6.33. The minimum absolute atomic E-state index is 0.154. The van der Waals surface area contributed by atoms with E-state index < -0.39 is 0 Å². The van der Waals surface area contributed by atoms with Crippen LogP contribution in [0.4, 0.5) is 11.4 Å². The van der Waals surface area contributed by atoms with Crippen molar-refractivity contribution in [1.82, 2.24) is 4.57 Å². The molecule has 6 heteroatoms. The molecule has 2 N–H and O–H groups in total. The molecule has 162 valence electrons. The molecule has 0 atom stereocenters. The van der Waals surface area contributed by atoms with Gasteiger partial charge in [-0.25, -0.2) is 0 Å². The molecule has 1 saturated carbocycles. The highest BCUT2D eigenvalue weighted by molar-refractivity contribution is 6.29. The van der Waals surface area contributed by atoms with E-state index in [0.717, 1.165) is 29.6 Å². The maximum atomic E-state index is 12.3. The number of nitrogens with zero attached hydrogens (tertiary/aromatic N) is 1. The number of nitrogens with one attached hydrogen (secondary N) is 2. The van der Waals surface area contributed by atoms with E-state index in [1.165, 1.54) is 37.1 Å². The number of carbonyl (C=O) groups excluding carboxylic acids is 2. The monoisotopic (exact) mass is 437 g/mol. The number of amides is 2. The Morgan fingerprint density at radius 3 is 2.48 bits per heavy atom. The number of hydrogen-bond acceptors (Lipinski definition) is 2. The third-order valence-electron chi connectivity index (χ3n) is 6.18. The smallest absolute Gasteiger partial charge is 0.239 e. The largest absolute Gasteiger partial charge is 0.343 e. The Morgan fingerprint density at radius 1 is 1.03 bits per heavy atom. The second kappa shape index (κ2) is 9.15. The maximum absolute atomic E-state index is 12.3. The lowest BCUT2D eigenvalue weighted by Gasteiger charge is -2.24. The van der Waals surface area contributed by atoms with Crippen LogP contribution in [0.25, 0.3) is 22.2 Å². The van der Waals surface area contributed by atoms with Gasteiger partial charge in [0.15, 0.2) is 0 Å². The molecule has 0 spiro atoms. The lowest BCUT2D eigenvalue weighted by Crippen LogP contribution is -2.17. The zero-order valence-corrected chi connectivity index (χ0v) is 18.8. The zero-order valence-electron chi connectivity index (χ0n) is 18.0. The molecule has 0 radical (unpaired) electrons. The van der Waals surface area contributed by atoms with Gasteiger partial charge in [0, 0.05) is 30.4 Å². The van der Waals surface area contributed by atoms with Gasteiger partial charge in [-0.15, -0.1) is 11.6 Å². The van der Waals surface area contributed by atoms with Crippen LogP contribution in [0.1, 0.15) is 50.5 Å². The summed E-state index contributed by atoms with van der Waals surface area (Å²) < 4.78 is 2.21. The van der Waals surface area contributed by atoms with Gasteiger partial charge in [0.1, 0.15) is 5.88 Å². The molecule has 0 aliphatic heterocycles. The molecule has 5 nitrogen and oxygen atoms in total. The first-order valence-corrected chi connectivity index (χ1v) is 11.4. The molecule has 0 saturated heterocycles. The van der Waals surface area contributed by atoms with Crippen molar-refractivity contribution < 1.29 is 9.59 Å². The van der Waals surface area contributed by atoms with Crippen molar-refractivity contribution in [3.8, 4) is 11.3 Å². The van der Waals surface area contributed by atoms with Crippen LogP contribution in [0, 0.1) is 0 Å². The molecule has 31 heavy (non-hydrogen) atoms. The minimum atomic E-state index is -0.307. The van der Waals surface area contributed by atoms with Crippen molar-refractivity contribution >= 4 is 45.7 Å². The van der Waals surface area contributed by atoms with Crippen LogP contribution in [-0.2, 0) is 16.6 Å². The average molecular weight is 438 g/mol. The summed E-state index contributed by atoms with van der Waals surface area (Å²) >= 11 is 5.80. The molecule has 3 aromatic rings. The summed E-state index contributed by atoms with van der Waals surface area (Å²) in [5, 5.41) is 7.05. The number of benzene rings is 2. The lowest BCUT2D eigenvalue weighted by molar-refractivity contribution is -0.115. The Hall–Kier alpha value is -2.79. The Labute approximate surface area is 187 Å². The Balaban J connectivity index is 1.99. The summed E-state index contributed by atoms with van der Waals surface area (Å²) in [6, 6.07) is 14.2. The van der Waals surface area contributed by atoms with Crippen LogP contribution < -0.4 is 10.6 Å². The Morgan fingerprint density at radius 2 is 1.77 bits per heavy atom. The van der Waals surface area contributed by atoms with Crippen LogP contribution in [0.5, 0.6) is 0 Å². The number of anilines is 2. The van der Waals surface area contributed by atoms with Gasteiger partial charge >= 0.3 is 0 Å². The summed E-state index contributed by atoms with van der Waals surface area (Å²) in [5.41, 5.74) is 5.64. The fourth-order valence-corrected chi connectivity index (χ4v) is 4.97. The topological polar surface area (TPSA) is 63.1 Å². The summed E-state index contributed by atoms with van der Waals surface area (Å²) in [5.74, 6) is -0.184. The third-order valence-corrected chi connectivity index (χ3v) is 6.42. The predicted octanol–water partition coefficient (Wildman–Crippen LogP) is 6.03. The minimum Gasteiger partial charge on any atom is -0.343 e. The van der Waals surface area contributed by atoms with E-state index in [1.54, 1.807) is 6.07 Å². The van der Waals surface area contributed by atoms with Gasteiger partial charge in [0.25, 0.3) is 0 Å². The fourth-order valence-electron chi connectivity index (χ4n) is 4.90. The molecule has 1 fully saturated rings. The second-order valence-electron chi connectivity index (χ2n) is 8.26. The number of carbonyl (C=O) groups is 2. The van der Waals surface area contributed by atoms with E-state index in [4.69, 9.17) is 11.6 Å². The molecule has 2 aromatic carbocycles. The zero-order chi connectivity index (χ0) is 22.0.